The minimum absolute atomic E-state index is 0.0969. The van der Waals surface area contributed by atoms with Crippen molar-refractivity contribution < 1.29 is 22.7 Å². The number of carbonyl (C=O) groups excluding carboxylic acids is 2. The molecule has 2 aromatic carbocycles. The smallest absolute Gasteiger partial charge is 0.256 e. The van der Waals surface area contributed by atoms with Gasteiger partial charge in [-0.15, -0.1) is 0 Å². The maximum absolute atomic E-state index is 13.0. The van der Waals surface area contributed by atoms with Gasteiger partial charge in [0, 0.05) is 29.2 Å². The fraction of sp³-hybridized carbons (Fsp3) is 0.391. The van der Waals surface area contributed by atoms with Crippen molar-refractivity contribution in [2.24, 2.45) is 0 Å². The lowest BCUT2D eigenvalue weighted by Crippen LogP contribution is -2.40. The average molecular weight is 494 g/mol. The number of ether oxygens (including phenoxy) is 1. The van der Waals surface area contributed by atoms with Crippen LogP contribution in [0, 0.1) is 0 Å². The lowest BCUT2D eigenvalue weighted by Gasteiger charge is -2.21. The Morgan fingerprint density at radius 3 is 2.33 bits per heavy atom. The summed E-state index contributed by atoms with van der Waals surface area (Å²) >= 11 is 6.11. The number of halogens is 1. The summed E-state index contributed by atoms with van der Waals surface area (Å²) in [6.45, 7) is 6.45. The zero-order valence-corrected chi connectivity index (χ0v) is 20.6. The Balaban J connectivity index is 1.93. The van der Waals surface area contributed by atoms with E-state index >= 15 is 0 Å². The van der Waals surface area contributed by atoms with Crippen LogP contribution in [-0.2, 0) is 10.0 Å². The summed E-state index contributed by atoms with van der Waals surface area (Å²) in [6.07, 6.45) is 1.86. The molecule has 3 rings (SSSR count). The van der Waals surface area contributed by atoms with Gasteiger partial charge >= 0.3 is 0 Å². The number of nitrogens with zero attached hydrogens (tertiary/aromatic N) is 1. The van der Waals surface area contributed by atoms with Crippen molar-refractivity contribution in [3.63, 3.8) is 0 Å². The van der Waals surface area contributed by atoms with Crippen molar-refractivity contribution in [3.05, 3.63) is 52.5 Å². The maximum Gasteiger partial charge on any atom is 0.256 e. The van der Waals surface area contributed by atoms with Gasteiger partial charge in [0.15, 0.2) is 0 Å². The number of methoxy groups -OCH3 is 1. The molecule has 0 bridgehead atoms. The summed E-state index contributed by atoms with van der Waals surface area (Å²) < 4.78 is 33.6. The van der Waals surface area contributed by atoms with E-state index in [2.05, 4.69) is 10.0 Å². The number of sulfonamides is 1. The molecule has 1 aliphatic rings. The minimum atomic E-state index is -3.96. The van der Waals surface area contributed by atoms with Gasteiger partial charge in [-0.2, -0.15) is 0 Å². The molecule has 2 amide bonds. The summed E-state index contributed by atoms with van der Waals surface area (Å²) in [6, 6.07) is 8.79. The molecular formula is C23H28ClN3O5S. The van der Waals surface area contributed by atoms with Crippen LogP contribution in [0.15, 0.2) is 41.3 Å². The van der Waals surface area contributed by atoms with Crippen molar-refractivity contribution >= 4 is 39.1 Å². The third-order valence-corrected chi connectivity index (χ3v) is 7.02. The number of nitrogens with one attached hydrogen (secondary N) is 2. The first-order chi connectivity index (χ1) is 15.4. The number of carbonyl (C=O) groups is 2. The van der Waals surface area contributed by atoms with Gasteiger partial charge in [-0.05, 0) is 70.0 Å². The number of benzene rings is 2. The monoisotopic (exact) mass is 493 g/mol. The Kier molecular flexibility index (Phi) is 7.36. The topological polar surface area (TPSA) is 105 Å². The van der Waals surface area contributed by atoms with Crippen LogP contribution >= 0.6 is 11.6 Å². The van der Waals surface area contributed by atoms with Crippen molar-refractivity contribution in [2.75, 3.05) is 25.5 Å². The Bertz CT molecular complexity index is 1170. The minimum Gasteiger partial charge on any atom is -0.495 e. The van der Waals surface area contributed by atoms with Crippen molar-refractivity contribution in [1.29, 1.82) is 0 Å². The van der Waals surface area contributed by atoms with Crippen LogP contribution in [-0.4, -0.2) is 50.9 Å². The zero-order valence-electron chi connectivity index (χ0n) is 19.1. The lowest BCUT2D eigenvalue weighted by molar-refractivity contribution is 0.0794. The van der Waals surface area contributed by atoms with E-state index in [1.807, 2.05) is 0 Å². The summed E-state index contributed by atoms with van der Waals surface area (Å²) in [5.41, 5.74) is -0.0431. The van der Waals surface area contributed by atoms with Crippen LogP contribution in [0.3, 0.4) is 0 Å². The first-order valence-electron chi connectivity index (χ1n) is 10.5. The molecule has 0 aromatic heterocycles. The predicted molar refractivity (Wildman–Crippen MR) is 128 cm³/mol. The Morgan fingerprint density at radius 2 is 1.73 bits per heavy atom. The van der Waals surface area contributed by atoms with Gasteiger partial charge in [0.2, 0.25) is 10.0 Å². The molecule has 1 aliphatic heterocycles. The predicted octanol–water partition coefficient (Wildman–Crippen LogP) is 3.91. The Morgan fingerprint density at radius 1 is 1.06 bits per heavy atom. The first kappa shape index (κ1) is 25.0. The molecule has 10 heteroatoms. The zero-order chi connectivity index (χ0) is 24.4. The van der Waals surface area contributed by atoms with E-state index in [0.29, 0.717) is 23.8 Å². The molecule has 0 aliphatic carbocycles. The van der Waals surface area contributed by atoms with Crippen molar-refractivity contribution in [1.82, 2.24) is 9.62 Å². The van der Waals surface area contributed by atoms with E-state index in [9.17, 15) is 18.0 Å². The fourth-order valence-electron chi connectivity index (χ4n) is 3.57. The number of hydrogen-bond donors (Lipinski definition) is 2. The van der Waals surface area contributed by atoms with Gasteiger partial charge in [0.25, 0.3) is 11.8 Å². The molecule has 0 radical (unpaired) electrons. The van der Waals surface area contributed by atoms with Crippen LogP contribution in [0.25, 0.3) is 0 Å². The summed E-state index contributed by atoms with van der Waals surface area (Å²) in [5.74, 6) is -0.667. The van der Waals surface area contributed by atoms with Gasteiger partial charge in [0.1, 0.15) is 10.6 Å². The third kappa shape index (κ3) is 6.04. The molecule has 2 aromatic rings. The van der Waals surface area contributed by atoms with Crippen molar-refractivity contribution in [2.45, 2.75) is 44.0 Å². The first-order valence-corrected chi connectivity index (χ1v) is 12.4. The molecular weight excluding hydrogens is 466 g/mol. The maximum atomic E-state index is 13.0. The molecule has 178 valence electrons. The van der Waals surface area contributed by atoms with E-state index in [0.717, 1.165) is 12.8 Å². The number of rotatable bonds is 6. The number of likely N-dealkylation sites (tertiary alicyclic amines) is 1. The number of hydrogen-bond acceptors (Lipinski definition) is 5. The van der Waals surface area contributed by atoms with E-state index in [4.69, 9.17) is 16.3 Å². The molecule has 8 nitrogen and oxygen atoms in total. The SMILES string of the molecule is COc1ccc(C(=O)Nc2ccc(Cl)cc2C(=O)N2CCCC2)cc1S(=O)(=O)NC(C)(C)C. The Hall–Kier alpha value is -2.62. The van der Waals surface area contributed by atoms with Crippen LogP contribution in [0.2, 0.25) is 5.02 Å². The highest BCUT2D eigenvalue weighted by molar-refractivity contribution is 7.89. The molecule has 1 heterocycles. The van der Waals surface area contributed by atoms with Crippen molar-refractivity contribution in [3.8, 4) is 5.75 Å². The molecule has 0 unspecified atom stereocenters. The largest absolute Gasteiger partial charge is 0.495 e. The third-order valence-electron chi connectivity index (χ3n) is 5.01. The highest BCUT2D eigenvalue weighted by Crippen LogP contribution is 2.28. The summed E-state index contributed by atoms with van der Waals surface area (Å²) in [4.78, 5) is 27.6. The van der Waals surface area contributed by atoms with Crippen LogP contribution < -0.4 is 14.8 Å². The fourth-order valence-corrected chi connectivity index (χ4v) is 5.36. The number of anilines is 1. The lowest BCUT2D eigenvalue weighted by atomic mass is 10.1. The molecule has 0 spiro atoms. The second-order valence-corrected chi connectivity index (χ2v) is 11.0. The highest BCUT2D eigenvalue weighted by atomic mass is 35.5. The van der Waals surface area contributed by atoms with Gasteiger partial charge in [-0.3, -0.25) is 9.59 Å². The quantitative estimate of drug-likeness (QED) is 0.634. The summed E-state index contributed by atoms with van der Waals surface area (Å²) in [5, 5.41) is 3.10. The van der Waals surface area contributed by atoms with E-state index < -0.39 is 21.5 Å². The molecule has 1 fully saturated rings. The number of amides is 2. The van der Waals surface area contributed by atoms with Gasteiger partial charge in [-0.25, -0.2) is 13.1 Å². The summed E-state index contributed by atoms with van der Waals surface area (Å²) in [7, 11) is -2.60. The molecule has 33 heavy (non-hydrogen) atoms. The van der Waals surface area contributed by atoms with Gasteiger partial charge < -0.3 is 15.0 Å². The molecule has 0 saturated carbocycles. The van der Waals surface area contributed by atoms with Crippen LogP contribution in [0.1, 0.15) is 54.3 Å². The second kappa shape index (κ2) is 9.70. The Labute approximate surface area is 199 Å². The van der Waals surface area contributed by atoms with Gasteiger partial charge in [-0.1, -0.05) is 11.6 Å². The van der Waals surface area contributed by atoms with E-state index in [1.54, 1.807) is 37.8 Å². The van der Waals surface area contributed by atoms with Gasteiger partial charge in [0.05, 0.1) is 18.4 Å². The molecule has 1 saturated heterocycles. The normalized spacial score (nSPS) is 14.3. The van der Waals surface area contributed by atoms with E-state index in [1.165, 1.54) is 31.4 Å². The second-order valence-electron chi connectivity index (χ2n) is 8.86. The molecule has 0 atom stereocenters. The van der Waals surface area contributed by atoms with Crippen LogP contribution in [0.5, 0.6) is 5.75 Å². The highest BCUT2D eigenvalue weighted by Gasteiger charge is 2.27. The molecule has 2 N–H and O–H groups in total. The standard InChI is InChI=1S/C23H28ClN3O5S/c1-23(2,3)26-33(30,31)20-13-15(7-10-19(20)32-4)21(28)25-18-9-8-16(24)14-17(18)22(29)27-11-5-6-12-27/h7-10,13-14,26H,5-6,11-12H2,1-4H3,(H,25,28). The average Bonchev–Trinajstić information content (AvgIpc) is 3.27. The van der Waals surface area contributed by atoms with E-state index in [-0.39, 0.29) is 27.7 Å². The van der Waals surface area contributed by atoms with Crippen LogP contribution in [0.4, 0.5) is 5.69 Å².